The van der Waals surface area contributed by atoms with Crippen LogP contribution in [0, 0.1) is 5.92 Å². The SMILES string of the molecule is C.CC.CCC.CN(CCC1CCNCC1)C(=O)C1=CCN(C)C(=O)c2c1ccn2SI. The summed E-state index contributed by atoms with van der Waals surface area (Å²) in [7, 11) is 5.07. The van der Waals surface area contributed by atoms with Gasteiger partial charge >= 0.3 is 0 Å². The van der Waals surface area contributed by atoms with Crippen molar-refractivity contribution in [2.24, 2.45) is 5.92 Å². The summed E-state index contributed by atoms with van der Waals surface area (Å²) in [6.45, 7) is 11.6. The molecule has 2 aliphatic rings. The first-order valence-electron chi connectivity index (χ1n) is 11.4. The van der Waals surface area contributed by atoms with Gasteiger partial charge in [0, 0.05) is 74.8 Å². The number of aromatic nitrogens is 1. The molecule has 0 radical (unpaired) electrons. The summed E-state index contributed by atoms with van der Waals surface area (Å²) in [5, 5.41) is 3.38. The number of carbonyl (C=O) groups is 2. The third-order valence-electron chi connectivity index (χ3n) is 5.24. The van der Waals surface area contributed by atoms with Gasteiger partial charge in [0.1, 0.15) is 5.69 Å². The Morgan fingerprint density at radius 2 is 1.88 bits per heavy atom. The molecule has 1 N–H and O–H groups in total. The van der Waals surface area contributed by atoms with Crippen LogP contribution in [0.25, 0.3) is 5.57 Å². The second kappa shape index (κ2) is 16.6. The average molecular weight is 579 g/mol. The number of nitrogens with zero attached hydrogens (tertiary/aromatic N) is 3. The molecular weight excluding hydrogens is 535 g/mol. The minimum absolute atomic E-state index is 0. The van der Waals surface area contributed by atoms with Crippen LogP contribution in [0.2, 0.25) is 0 Å². The van der Waals surface area contributed by atoms with Gasteiger partial charge in [-0.3, -0.25) is 13.6 Å². The van der Waals surface area contributed by atoms with E-state index in [0.717, 1.165) is 31.6 Å². The first-order chi connectivity index (χ1) is 14.9. The molecule has 0 aliphatic carbocycles. The predicted molar refractivity (Wildman–Crippen MR) is 148 cm³/mol. The van der Waals surface area contributed by atoms with Crippen molar-refractivity contribution in [3.63, 3.8) is 0 Å². The number of hydrogen-bond donors (Lipinski definition) is 1. The lowest BCUT2D eigenvalue weighted by Gasteiger charge is -2.25. The molecule has 3 rings (SSSR count). The van der Waals surface area contributed by atoms with Crippen LogP contribution in [0.5, 0.6) is 0 Å². The van der Waals surface area contributed by atoms with Crippen LogP contribution in [0.4, 0.5) is 0 Å². The summed E-state index contributed by atoms with van der Waals surface area (Å²) in [6.07, 6.45) is 8.39. The molecule has 6 nitrogen and oxygen atoms in total. The minimum atomic E-state index is -0.0504. The molecule has 0 bridgehead atoms. The molecule has 1 fully saturated rings. The molecule has 0 unspecified atom stereocenters. The standard InChI is InChI=1S/C18H25IN4O2S.C3H8.C2H6.CH4/c1-21(10-5-13-3-8-20-9-4-13)17(24)15-6-11-22(2)18(25)16-14(15)7-12-23(16)26-19;1-3-2;1-2;/h6-7,12-13,20H,3-5,8-11H2,1-2H3;3H2,1-2H3;1-2H3;1H4. The second-order valence-electron chi connectivity index (χ2n) is 7.69. The largest absolute Gasteiger partial charge is 0.342 e. The fraction of sp³-hybridized carbons (Fsp3) is 0.667. The Morgan fingerprint density at radius 3 is 2.44 bits per heavy atom. The molecule has 1 aromatic rings. The van der Waals surface area contributed by atoms with E-state index in [4.69, 9.17) is 0 Å². The van der Waals surface area contributed by atoms with Crippen LogP contribution in [0.15, 0.2) is 18.3 Å². The predicted octanol–water partition coefficient (Wildman–Crippen LogP) is 5.73. The summed E-state index contributed by atoms with van der Waals surface area (Å²) in [4.78, 5) is 29.2. The van der Waals surface area contributed by atoms with Crippen LogP contribution in [0.1, 0.15) is 76.9 Å². The highest BCUT2D eigenvalue weighted by molar-refractivity contribution is 14.2. The molecule has 184 valence electrons. The molecular formula is C24H43IN4O2S. The molecule has 2 amide bonds. The maximum atomic E-state index is 13.1. The molecule has 1 saturated heterocycles. The van der Waals surface area contributed by atoms with E-state index in [9.17, 15) is 9.59 Å². The zero-order valence-corrected chi connectivity index (χ0v) is 22.9. The summed E-state index contributed by atoms with van der Waals surface area (Å²) in [5.41, 5.74) is 1.95. The number of amides is 2. The van der Waals surface area contributed by atoms with Gasteiger partial charge in [-0.15, -0.1) is 0 Å². The highest BCUT2D eigenvalue weighted by Gasteiger charge is 2.29. The Kier molecular flexibility index (Phi) is 16.1. The van der Waals surface area contributed by atoms with Gasteiger partial charge in [0.25, 0.3) is 11.8 Å². The van der Waals surface area contributed by atoms with Crippen LogP contribution >= 0.6 is 30.3 Å². The van der Waals surface area contributed by atoms with Crippen molar-refractivity contribution in [2.45, 2.75) is 60.8 Å². The zero-order chi connectivity index (χ0) is 23.4. The number of hydrogen-bond acceptors (Lipinski definition) is 4. The van der Waals surface area contributed by atoms with Gasteiger partial charge in [0.15, 0.2) is 0 Å². The van der Waals surface area contributed by atoms with E-state index in [1.807, 2.05) is 48.1 Å². The normalized spacial score (nSPS) is 15.7. The third-order valence-corrected chi connectivity index (χ3v) is 6.97. The lowest BCUT2D eigenvalue weighted by atomic mass is 9.94. The Morgan fingerprint density at radius 1 is 1.28 bits per heavy atom. The highest BCUT2D eigenvalue weighted by Crippen LogP contribution is 2.31. The number of likely N-dealkylation sites (N-methyl/N-ethyl adjacent to an activating group) is 2. The van der Waals surface area contributed by atoms with Gasteiger partial charge in [-0.05, 0) is 44.3 Å². The molecule has 0 atom stereocenters. The number of rotatable bonds is 5. The first kappa shape index (κ1) is 31.0. The third kappa shape index (κ3) is 8.41. The lowest BCUT2D eigenvalue weighted by Crippen LogP contribution is -2.33. The topological polar surface area (TPSA) is 57.6 Å². The van der Waals surface area contributed by atoms with Crippen LogP contribution in [-0.4, -0.2) is 65.9 Å². The molecule has 0 aromatic carbocycles. The molecule has 3 heterocycles. The first-order valence-corrected chi connectivity index (χ1v) is 14.7. The van der Waals surface area contributed by atoms with Crippen molar-refractivity contribution < 1.29 is 9.59 Å². The number of nitrogens with one attached hydrogen (secondary N) is 1. The van der Waals surface area contributed by atoms with Gasteiger partial charge in [0.05, 0.1) is 0 Å². The quantitative estimate of drug-likeness (QED) is 0.454. The van der Waals surface area contributed by atoms with Gasteiger partial charge in [0.2, 0.25) is 0 Å². The monoisotopic (exact) mass is 578 g/mol. The number of piperidine rings is 1. The molecule has 8 heteroatoms. The smallest absolute Gasteiger partial charge is 0.272 e. The Bertz CT molecular complexity index is 730. The van der Waals surface area contributed by atoms with E-state index >= 15 is 0 Å². The van der Waals surface area contributed by atoms with E-state index < -0.39 is 0 Å². The number of carbonyl (C=O) groups excluding carboxylic acids is 2. The molecule has 2 aliphatic heterocycles. The molecule has 32 heavy (non-hydrogen) atoms. The Labute approximate surface area is 212 Å². The van der Waals surface area contributed by atoms with Gasteiger partial charge < -0.3 is 15.1 Å². The van der Waals surface area contributed by atoms with Gasteiger partial charge in [-0.1, -0.05) is 47.6 Å². The van der Waals surface area contributed by atoms with E-state index in [0.29, 0.717) is 23.7 Å². The maximum Gasteiger partial charge on any atom is 0.272 e. The van der Waals surface area contributed by atoms with Gasteiger partial charge in [-0.25, -0.2) is 0 Å². The summed E-state index contributed by atoms with van der Waals surface area (Å²) in [6, 6.07) is 1.88. The highest BCUT2D eigenvalue weighted by atomic mass is 127. The number of halogens is 1. The fourth-order valence-corrected chi connectivity index (χ4v) is 4.89. The van der Waals surface area contributed by atoms with Crippen molar-refractivity contribution >= 4 is 47.7 Å². The van der Waals surface area contributed by atoms with Crippen LogP contribution in [-0.2, 0) is 4.79 Å². The van der Waals surface area contributed by atoms with Crippen molar-refractivity contribution in [1.82, 2.24) is 19.1 Å². The van der Waals surface area contributed by atoms with Crippen molar-refractivity contribution in [2.75, 3.05) is 40.3 Å². The minimum Gasteiger partial charge on any atom is -0.342 e. The lowest BCUT2D eigenvalue weighted by molar-refractivity contribution is -0.124. The van der Waals surface area contributed by atoms with Gasteiger partial charge in [-0.2, -0.15) is 0 Å². The van der Waals surface area contributed by atoms with Crippen molar-refractivity contribution in [3.05, 3.63) is 29.6 Å². The molecule has 0 saturated carbocycles. The van der Waals surface area contributed by atoms with E-state index in [2.05, 4.69) is 40.4 Å². The molecule has 1 aromatic heterocycles. The zero-order valence-electron chi connectivity index (χ0n) is 19.9. The molecule has 0 spiro atoms. The van der Waals surface area contributed by atoms with E-state index in [1.54, 1.807) is 11.9 Å². The van der Waals surface area contributed by atoms with Crippen molar-refractivity contribution in [1.29, 1.82) is 0 Å². The Hall–Kier alpha value is -1.00. The van der Waals surface area contributed by atoms with E-state index in [1.165, 1.54) is 28.4 Å². The van der Waals surface area contributed by atoms with Crippen molar-refractivity contribution in [3.8, 4) is 0 Å². The summed E-state index contributed by atoms with van der Waals surface area (Å²) >= 11 is 2.15. The Balaban J connectivity index is 0.00000148. The number of fused-ring (bicyclic) bond motifs is 1. The maximum absolute atomic E-state index is 13.1. The fourth-order valence-electron chi connectivity index (χ4n) is 3.56. The summed E-state index contributed by atoms with van der Waals surface area (Å²) in [5.74, 6) is 0.638. The second-order valence-corrected chi connectivity index (χ2v) is 9.41. The van der Waals surface area contributed by atoms with Crippen LogP contribution < -0.4 is 5.32 Å². The van der Waals surface area contributed by atoms with Crippen LogP contribution in [0.3, 0.4) is 0 Å². The average Bonchev–Trinajstić information content (AvgIpc) is 3.18. The van der Waals surface area contributed by atoms with E-state index in [-0.39, 0.29) is 19.2 Å². The summed E-state index contributed by atoms with van der Waals surface area (Å²) < 4.78 is 1.83.